The van der Waals surface area contributed by atoms with Crippen molar-refractivity contribution >= 4 is 12.2 Å². The first kappa shape index (κ1) is 17.1. The predicted molar refractivity (Wildman–Crippen MR) is 72.7 cm³/mol. The molecule has 0 aliphatic heterocycles. The molecule has 18 heavy (non-hydrogen) atoms. The number of rotatable bonds is 8. The van der Waals surface area contributed by atoms with Crippen molar-refractivity contribution in [2.24, 2.45) is 16.8 Å². The maximum absolute atomic E-state index is 11.7. The fraction of sp³-hybridized carbons (Fsp3) is 0.846. The van der Waals surface area contributed by atoms with E-state index in [1.165, 1.54) is 11.1 Å². The van der Waals surface area contributed by atoms with E-state index in [0.29, 0.717) is 25.0 Å². The predicted octanol–water partition coefficient (Wildman–Crippen LogP) is 2.76. The molecular formula is C13H26N2O3. The van der Waals surface area contributed by atoms with E-state index in [9.17, 15) is 4.79 Å². The second-order valence-corrected chi connectivity index (χ2v) is 5.00. The Hall–Kier alpha value is -0.940. The van der Waals surface area contributed by atoms with E-state index in [4.69, 9.17) is 9.47 Å². The van der Waals surface area contributed by atoms with Crippen LogP contribution in [0.5, 0.6) is 0 Å². The Kier molecular flexibility index (Phi) is 9.50. The lowest BCUT2D eigenvalue weighted by molar-refractivity contribution is -0.0303. The molecule has 0 saturated heterocycles. The maximum Gasteiger partial charge on any atom is 0.346 e. The van der Waals surface area contributed by atoms with Gasteiger partial charge in [0.2, 0.25) is 0 Å². The van der Waals surface area contributed by atoms with Gasteiger partial charge in [0.15, 0.2) is 0 Å². The number of nitrogens with zero attached hydrogens (tertiary/aromatic N) is 2. The van der Waals surface area contributed by atoms with Crippen molar-refractivity contribution in [1.82, 2.24) is 4.90 Å². The lowest BCUT2D eigenvalue weighted by Gasteiger charge is -2.21. The van der Waals surface area contributed by atoms with Crippen molar-refractivity contribution in [1.29, 1.82) is 0 Å². The van der Waals surface area contributed by atoms with Crippen LogP contribution in [0.4, 0.5) is 4.79 Å². The Balaban J connectivity index is 4.12. The minimum atomic E-state index is -0.329. The molecule has 0 unspecified atom stereocenters. The van der Waals surface area contributed by atoms with Gasteiger partial charge in [-0.2, -0.15) is 0 Å². The highest BCUT2D eigenvalue weighted by Gasteiger charge is 2.12. The number of ether oxygens (including phenoxy) is 2. The minimum Gasteiger partial charge on any atom is -0.361 e. The highest BCUT2D eigenvalue weighted by molar-refractivity contribution is 5.82. The van der Waals surface area contributed by atoms with Crippen LogP contribution in [0.1, 0.15) is 34.6 Å². The number of hydrogen-bond donors (Lipinski definition) is 0. The van der Waals surface area contributed by atoms with Gasteiger partial charge in [-0.1, -0.05) is 27.7 Å². The van der Waals surface area contributed by atoms with Gasteiger partial charge in [-0.15, -0.1) is 0 Å². The van der Waals surface area contributed by atoms with Crippen molar-refractivity contribution < 1.29 is 14.3 Å². The molecule has 5 nitrogen and oxygen atoms in total. The van der Waals surface area contributed by atoms with E-state index in [2.05, 4.69) is 32.7 Å². The lowest BCUT2D eigenvalue weighted by Crippen LogP contribution is -2.34. The Morgan fingerprint density at radius 1 is 1.11 bits per heavy atom. The van der Waals surface area contributed by atoms with Gasteiger partial charge in [0, 0.05) is 6.21 Å². The Bertz CT molecular complexity index is 239. The molecule has 0 aliphatic carbocycles. The molecule has 0 radical (unpaired) electrons. The van der Waals surface area contributed by atoms with Crippen LogP contribution in [0, 0.1) is 11.8 Å². The van der Waals surface area contributed by atoms with E-state index >= 15 is 0 Å². The second kappa shape index (κ2) is 10.0. The summed E-state index contributed by atoms with van der Waals surface area (Å²) in [5.41, 5.74) is 0. The molecule has 0 aliphatic rings. The summed E-state index contributed by atoms with van der Waals surface area (Å²) in [6.07, 6.45) is 1.47. The summed E-state index contributed by atoms with van der Waals surface area (Å²) < 4.78 is 10.9. The van der Waals surface area contributed by atoms with Gasteiger partial charge in [-0.25, -0.2) is 9.79 Å². The lowest BCUT2D eigenvalue weighted by atomic mass is 10.2. The Morgan fingerprint density at radius 3 is 1.89 bits per heavy atom. The quantitative estimate of drug-likeness (QED) is 0.497. The molecule has 0 aromatic rings. The van der Waals surface area contributed by atoms with Gasteiger partial charge in [0.1, 0.15) is 13.5 Å². The second-order valence-electron chi connectivity index (χ2n) is 5.00. The third-order valence-corrected chi connectivity index (χ3v) is 1.91. The molecule has 0 aromatic heterocycles. The third-order valence-electron chi connectivity index (χ3n) is 1.91. The van der Waals surface area contributed by atoms with Gasteiger partial charge in [-0.05, 0) is 18.8 Å². The third kappa shape index (κ3) is 9.13. The normalized spacial score (nSPS) is 11.7. The highest BCUT2D eigenvalue weighted by Crippen LogP contribution is 2.00. The van der Waals surface area contributed by atoms with Crippen LogP contribution in [0.3, 0.4) is 0 Å². The first-order valence-electron chi connectivity index (χ1n) is 6.40. The SMILES string of the molecule is CC=NC(=O)N(COCC(C)C)COCC(C)C. The highest BCUT2D eigenvalue weighted by atomic mass is 16.5. The molecule has 0 heterocycles. The van der Waals surface area contributed by atoms with Crippen LogP contribution in [0.2, 0.25) is 0 Å². The Morgan fingerprint density at radius 2 is 1.56 bits per heavy atom. The van der Waals surface area contributed by atoms with Crippen molar-refractivity contribution in [3.05, 3.63) is 0 Å². The van der Waals surface area contributed by atoms with Crippen LogP contribution in [-0.4, -0.2) is 43.8 Å². The first-order valence-corrected chi connectivity index (χ1v) is 6.40. The molecule has 0 N–H and O–H groups in total. The van der Waals surface area contributed by atoms with Gasteiger partial charge in [0.05, 0.1) is 13.2 Å². The molecule has 2 amide bonds. The Labute approximate surface area is 110 Å². The number of carbonyl (C=O) groups excluding carboxylic acids is 1. The average molecular weight is 258 g/mol. The van der Waals surface area contributed by atoms with E-state index in [1.807, 2.05) is 0 Å². The summed E-state index contributed by atoms with van der Waals surface area (Å²) in [5.74, 6) is 0.876. The summed E-state index contributed by atoms with van der Waals surface area (Å²) in [6.45, 7) is 11.6. The first-order chi connectivity index (χ1) is 8.47. The molecule has 106 valence electrons. The van der Waals surface area contributed by atoms with Gasteiger partial charge in [0.25, 0.3) is 0 Å². The molecule has 0 aromatic carbocycles. The van der Waals surface area contributed by atoms with Crippen LogP contribution < -0.4 is 0 Å². The standard InChI is InChI=1S/C13H26N2O3/c1-6-14-13(16)15(9-17-7-11(2)3)10-18-8-12(4)5/h6,11-12H,7-10H2,1-5H3. The fourth-order valence-corrected chi connectivity index (χ4v) is 1.14. The van der Waals surface area contributed by atoms with Crippen LogP contribution >= 0.6 is 0 Å². The van der Waals surface area contributed by atoms with Crippen LogP contribution in [-0.2, 0) is 9.47 Å². The topological polar surface area (TPSA) is 51.1 Å². The molecule has 0 atom stereocenters. The smallest absolute Gasteiger partial charge is 0.346 e. The fourth-order valence-electron chi connectivity index (χ4n) is 1.14. The molecular weight excluding hydrogens is 232 g/mol. The summed E-state index contributed by atoms with van der Waals surface area (Å²) in [6, 6.07) is -0.329. The van der Waals surface area contributed by atoms with Crippen LogP contribution in [0.25, 0.3) is 0 Å². The van der Waals surface area contributed by atoms with Crippen LogP contribution in [0.15, 0.2) is 4.99 Å². The van der Waals surface area contributed by atoms with Gasteiger partial charge >= 0.3 is 6.03 Å². The average Bonchev–Trinajstić information content (AvgIpc) is 2.26. The summed E-state index contributed by atoms with van der Waals surface area (Å²) >= 11 is 0. The molecule has 0 bridgehead atoms. The molecule has 0 rings (SSSR count). The molecule has 0 spiro atoms. The van der Waals surface area contributed by atoms with Gasteiger partial charge < -0.3 is 9.47 Å². The maximum atomic E-state index is 11.7. The zero-order chi connectivity index (χ0) is 14.0. The largest absolute Gasteiger partial charge is 0.361 e. The monoisotopic (exact) mass is 258 g/mol. The zero-order valence-electron chi connectivity index (χ0n) is 12.2. The number of aliphatic imine (C=N–C) groups is 1. The van der Waals surface area contributed by atoms with Crippen molar-refractivity contribution in [3.8, 4) is 0 Å². The number of urea groups is 1. The van der Waals surface area contributed by atoms with E-state index in [0.717, 1.165) is 0 Å². The number of carbonyl (C=O) groups is 1. The minimum absolute atomic E-state index is 0.215. The number of amides is 2. The number of hydrogen-bond acceptors (Lipinski definition) is 3. The summed E-state index contributed by atoms with van der Waals surface area (Å²) in [7, 11) is 0. The van der Waals surface area contributed by atoms with E-state index in [-0.39, 0.29) is 19.5 Å². The zero-order valence-corrected chi connectivity index (χ0v) is 12.2. The van der Waals surface area contributed by atoms with E-state index in [1.54, 1.807) is 6.92 Å². The van der Waals surface area contributed by atoms with Gasteiger partial charge in [-0.3, -0.25) is 4.90 Å². The molecule has 0 fully saturated rings. The summed E-state index contributed by atoms with van der Waals surface area (Å²) in [4.78, 5) is 16.8. The summed E-state index contributed by atoms with van der Waals surface area (Å²) in [5, 5.41) is 0. The molecule has 0 saturated carbocycles. The van der Waals surface area contributed by atoms with Crippen molar-refractivity contribution in [2.75, 3.05) is 26.7 Å². The van der Waals surface area contributed by atoms with Crippen molar-refractivity contribution in [2.45, 2.75) is 34.6 Å². The van der Waals surface area contributed by atoms with Crippen molar-refractivity contribution in [3.63, 3.8) is 0 Å². The molecule has 5 heteroatoms. The van der Waals surface area contributed by atoms with E-state index < -0.39 is 0 Å².